The topological polar surface area (TPSA) is 66.9 Å². The fourth-order valence-corrected chi connectivity index (χ4v) is 2.72. The third-order valence-electron chi connectivity index (χ3n) is 4.34. The molecule has 1 saturated heterocycles. The Labute approximate surface area is 125 Å². The average Bonchev–Trinajstić information content (AvgIpc) is 3.35. The van der Waals surface area contributed by atoms with Crippen molar-refractivity contribution in [1.82, 2.24) is 9.80 Å². The lowest BCUT2D eigenvalue weighted by molar-refractivity contribution is -0.143. The van der Waals surface area contributed by atoms with Crippen LogP contribution in [0.4, 0.5) is 0 Å². The molecule has 0 bridgehead atoms. The molecule has 118 valence electrons. The molecule has 0 aromatic rings. The van der Waals surface area contributed by atoms with Gasteiger partial charge in [-0.1, -0.05) is 0 Å². The second-order valence-electron chi connectivity index (χ2n) is 5.96. The molecule has 0 unspecified atom stereocenters. The fraction of sp³-hybridized carbons (Fsp3) is 0.800. The van der Waals surface area contributed by atoms with Gasteiger partial charge in [-0.3, -0.25) is 14.4 Å². The minimum absolute atomic E-state index is 0.0316. The Balaban J connectivity index is 1.74. The molecule has 2 rings (SSSR count). The zero-order valence-electron chi connectivity index (χ0n) is 12.8. The van der Waals surface area contributed by atoms with E-state index in [0.717, 1.165) is 25.7 Å². The van der Waals surface area contributed by atoms with Crippen molar-refractivity contribution in [1.29, 1.82) is 0 Å². The van der Waals surface area contributed by atoms with Gasteiger partial charge in [-0.15, -0.1) is 0 Å². The molecule has 1 aliphatic carbocycles. The molecule has 2 aliphatic rings. The van der Waals surface area contributed by atoms with E-state index < -0.39 is 0 Å². The highest BCUT2D eigenvalue weighted by Crippen LogP contribution is 2.32. The van der Waals surface area contributed by atoms with Crippen LogP contribution in [0.15, 0.2) is 0 Å². The van der Waals surface area contributed by atoms with E-state index in [1.165, 1.54) is 7.11 Å². The number of nitrogens with zero attached hydrogens (tertiary/aromatic N) is 2. The largest absolute Gasteiger partial charge is 0.469 e. The zero-order chi connectivity index (χ0) is 15.4. The van der Waals surface area contributed by atoms with E-state index in [2.05, 4.69) is 4.74 Å². The Morgan fingerprint density at radius 2 is 1.71 bits per heavy atom. The Bertz CT molecular complexity index is 412. The van der Waals surface area contributed by atoms with Crippen molar-refractivity contribution in [3.05, 3.63) is 0 Å². The third-order valence-corrected chi connectivity index (χ3v) is 4.34. The van der Waals surface area contributed by atoms with Crippen LogP contribution in [0.25, 0.3) is 0 Å². The maximum atomic E-state index is 12.3. The molecule has 6 nitrogen and oxygen atoms in total. The SMILES string of the molecule is COC(=O)CCN(C)C(=O)C1CCN(C(=O)C2CC2)CC1. The molecule has 1 aliphatic heterocycles. The lowest BCUT2D eigenvalue weighted by Gasteiger charge is -2.33. The number of ether oxygens (including phenoxy) is 1. The Hall–Kier alpha value is -1.59. The number of piperidine rings is 1. The molecule has 0 aromatic carbocycles. The molecule has 1 saturated carbocycles. The predicted octanol–water partition coefficient (Wildman–Crippen LogP) is 0.656. The number of esters is 1. The lowest BCUT2D eigenvalue weighted by Crippen LogP contribution is -2.44. The summed E-state index contributed by atoms with van der Waals surface area (Å²) in [5.41, 5.74) is 0. The first-order valence-electron chi connectivity index (χ1n) is 7.63. The van der Waals surface area contributed by atoms with Gasteiger partial charge in [-0.2, -0.15) is 0 Å². The number of likely N-dealkylation sites (tertiary alicyclic amines) is 1. The molecule has 21 heavy (non-hydrogen) atoms. The number of methoxy groups -OCH3 is 1. The monoisotopic (exact) mass is 296 g/mol. The smallest absolute Gasteiger partial charge is 0.307 e. The van der Waals surface area contributed by atoms with Gasteiger partial charge in [-0.25, -0.2) is 0 Å². The van der Waals surface area contributed by atoms with Gasteiger partial charge in [0.15, 0.2) is 0 Å². The maximum absolute atomic E-state index is 12.3. The number of amides is 2. The molecule has 0 atom stereocenters. The van der Waals surface area contributed by atoms with Gasteiger partial charge in [-0.05, 0) is 25.7 Å². The maximum Gasteiger partial charge on any atom is 0.307 e. The first-order chi connectivity index (χ1) is 10.0. The van der Waals surface area contributed by atoms with Crippen LogP contribution in [0, 0.1) is 11.8 Å². The Kier molecular flexibility index (Phi) is 5.20. The molecule has 2 amide bonds. The van der Waals surface area contributed by atoms with Crippen molar-refractivity contribution >= 4 is 17.8 Å². The van der Waals surface area contributed by atoms with Gasteiger partial charge in [0, 0.05) is 38.5 Å². The van der Waals surface area contributed by atoms with Crippen LogP contribution in [0.2, 0.25) is 0 Å². The van der Waals surface area contributed by atoms with Crippen LogP contribution in [0.5, 0.6) is 0 Å². The highest BCUT2D eigenvalue weighted by molar-refractivity contribution is 5.82. The predicted molar refractivity (Wildman–Crippen MR) is 76.3 cm³/mol. The van der Waals surface area contributed by atoms with Crippen molar-refractivity contribution in [2.75, 3.05) is 33.8 Å². The summed E-state index contributed by atoms with van der Waals surface area (Å²) in [4.78, 5) is 38.8. The van der Waals surface area contributed by atoms with Crippen molar-refractivity contribution in [2.24, 2.45) is 11.8 Å². The minimum Gasteiger partial charge on any atom is -0.469 e. The summed E-state index contributed by atoms with van der Waals surface area (Å²) in [6, 6.07) is 0. The standard InChI is InChI=1S/C15H24N2O4/c1-16(8-7-13(18)21-2)14(19)12-5-9-17(10-6-12)15(20)11-3-4-11/h11-12H,3-10H2,1-2H3. The van der Waals surface area contributed by atoms with Crippen molar-refractivity contribution in [3.8, 4) is 0 Å². The normalized spacial score (nSPS) is 19.2. The van der Waals surface area contributed by atoms with E-state index in [0.29, 0.717) is 19.6 Å². The highest BCUT2D eigenvalue weighted by atomic mass is 16.5. The first-order valence-corrected chi connectivity index (χ1v) is 7.63. The molecule has 0 aromatic heterocycles. The lowest BCUT2D eigenvalue weighted by atomic mass is 9.95. The van der Waals surface area contributed by atoms with Crippen molar-refractivity contribution < 1.29 is 19.1 Å². The molecular weight excluding hydrogens is 272 g/mol. The molecule has 0 spiro atoms. The number of carbonyl (C=O) groups is 3. The minimum atomic E-state index is -0.306. The Morgan fingerprint density at radius 3 is 2.24 bits per heavy atom. The summed E-state index contributed by atoms with van der Waals surface area (Å²) in [7, 11) is 3.06. The molecular formula is C15H24N2O4. The summed E-state index contributed by atoms with van der Waals surface area (Å²) >= 11 is 0. The average molecular weight is 296 g/mol. The van der Waals surface area contributed by atoms with E-state index >= 15 is 0 Å². The van der Waals surface area contributed by atoms with Crippen LogP contribution in [0.1, 0.15) is 32.1 Å². The molecule has 6 heteroatoms. The number of hydrogen-bond acceptors (Lipinski definition) is 4. The number of carbonyl (C=O) groups excluding carboxylic acids is 3. The second-order valence-corrected chi connectivity index (χ2v) is 5.96. The van der Waals surface area contributed by atoms with Gasteiger partial charge in [0.2, 0.25) is 11.8 Å². The molecule has 2 fully saturated rings. The third kappa shape index (κ3) is 4.19. The zero-order valence-corrected chi connectivity index (χ0v) is 12.8. The van der Waals surface area contributed by atoms with E-state index in [4.69, 9.17) is 0 Å². The number of rotatable bonds is 5. The van der Waals surface area contributed by atoms with Gasteiger partial charge in [0.25, 0.3) is 0 Å². The summed E-state index contributed by atoms with van der Waals surface area (Å²) in [5, 5.41) is 0. The summed E-state index contributed by atoms with van der Waals surface area (Å²) in [6.45, 7) is 1.74. The van der Waals surface area contributed by atoms with Gasteiger partial charge >= 0.3 is 5.97 Å². The van der Waals surface area contributed by atoms with Crippen LogP contribution < -0.4 is 0 Å². The van der Waals surface area contributed by atoms with E-state index in [1.54, 1.807) is 11.9 Å². The fourth-order valence-electron chi connectivity index (χ4n) is 2.72. The second kappa shape index (κ2) is 6.91. The van der Waals surface area contributed by atoms with Crippen molar-refractivity contribution in [2.45, 2.75) is 32.1 Å². The van der Waals surface area contributed by atoms with Crippen LogP contribution in [-0.2, 0) is 19.1 Å². The van der Waals surface area contributed by atoms with Gasteiger partial charge in [0.1, 0.15) is 0 Å². The van der Waals surface area contributed by atoms with E-state index in [-0.39, 0.29) is 36.0 Å². The first kappa shape index (κ1) is 15.8. The van der Waals surface area contributed by atoms with Gasteiger partial charge in [0.05, 0.1) is 13.5 Å². The quantitative estimate of drug-likeness (QED) is 0.699. The van der Waals surface area contributed by atoms with E-state index in [9.17, 15) is 14.4 Å². The summed E-state index contributed by atoms with van der Waals surface area (Å²) in [5.74, 6) is 0.243. The van der Waals surface area contributed by atoms with Gasteiger partial charge < -0.3 is 14.5 Å². The van der Waals surface area contributed by atoms with Crippen LogP contribution >= 0.6 is 0 Å². The highest BCUT2D eigenvalue weighted by Gasteiger charge is 2.36. The Morgan fingerprint density at radius 1 is 1.10 bits per heavy atom. The molecule has 0 N–H and O–H groups in total. The van der Waals surface area contributed by atoms with E-state index in [1.807, 2.05) is 4.90 Å². The summed E-state index contributed by atoms with van der Waals surface area (Å²) in [6.07, 6.45) is 3.71. The van der Waals surface area contributed by atoms with Crippen LogP contribution in [0.3, 0.4) is 0 Å². The van der Waals surface area contributed by atoms with Crippen molar-refractivity contribution in [3.63, 3.8) is 0 Å². The molecule has 1 heterocycles. The molecule has 0 radical (unpaired) electrons. The summed E-state index contributed by atoms with van der Waals surface area (Å²) < 4.78 is 4.57. The number of hydrogen-bond donors (Lipinski definition) is 0. The van der Waals surface area contributed by atoms with Crippen LogP contribution in [-0.4, -0.2) is 61.4 Å².